The fourth-order valence-electron chi connectivity index (χ4n) is 7.51. The Bertz CT molecular complexity index is 1770. The molecule has 2 aromatic carbocycles. The summed E-state index contributed by atoms with van der Waals surface area (Å²) in [4.78, 5) is 66.4. The molecule has 2 saturated heterocycles. The van der Waals surface area contributed by atoms with Crippen molar-refractivity contribution < 1.29 is 28.7 Å². The van der Waals surface area contributed by atoms with Gasteiger partial charge in [-0.15, -0.1) is 22.7 Å². The molecule has 4 aromatic rings. The first-order chi connectivity index (χ1) is 26.2. The van der Waals surface area contributed by atoms with Gasteiger partial charge in [-0.05, 0) is 60.8 Å². The molecule has 286 valence electrons. The van der Waals surface area contributed by atoms with Crippen molar-refractivity contribution >= 4 is 46.6 Å². The molecule has 0 bridgehead atoms. The fourth-order valence-corrected chi connectivity index (χ4v) is 9.65. The van der Waals surface area contributed by atoms with E-state index in [0.29, 0.717) is 25.9 Å². The Morgan fingerprint density at radius 2 is 1.20 bits per heavy atom. The second-order valence-electron chi connectivity index (χ2n) is 13.9. The Balaban J connectivity index is 1.10. The zero-order valence-electron chi connectivity index (χ0n) is 31.4. The minimum absolute atomic E-state index is 0.0203. The number of hydrogen-bond acceptors (Lipinski definition) is 10. The maximum Gasteiger partial charge on any atom is 0.407 e. The molecule has 11 nitrogen and oxygen atoms in total. The number of benzene rings is 2. The zero-order chi connectivity index (χ0) is 38.2. The van der Waals surface area contributed by atoms with Crippen molar-refractivity contribution in [2.45, 2.75) is 89.8 Å². The Morgan fingerprint density at radius 3 is 1.67 bits per heavy atom. The van der Waals surface area contributed by atoms with E-state index in [2.05, 4.69) is 53.8 Å². The highest BCUT2D eigenvalue weighted by molar-refractivity contribution is 7.15. The highest BCUT2D eigenvalue weighted by atomic mass is 32.1. The Labute approximate surface area is 325 Å². The van der Waals surface area contributed by atoms with Crippen molar-refractivity contribution in [2.75, 3.05) is 27.3 Å². The Morgan fingerprint density at radius 1 is 0.722 bits per heavy atom. The lowest BCUT2D eigenvalue weighted by molar-refractivity contribution is -0.147. The van der Waals surface area contributed by atoms with Crippen LogP contribution in [0.25, 0.3) is 32.0 Å². The molecule has 1 N–H and O–H groups in total. The normalized spacial score (nSPS) is 18.0. The summed E-state index contributed by atoms with van der Waals surface area (Å²) in [5, 5.41) is 4.54. The van der Waals surface area contributed by atoms with Gasteiger partial charge in [0.25, 0.3) is 0 Å². The van der Waals surface area contributed by atoms with Crippen molar-refractivity contribution in [2.24, 2.45) is 5.92 Å². The van der Waals surface area contributed by atoms with Crippen LogP contribution >= 0.6 is 22.7 Å². The maximum atomic E-state index is 13.6. The molecule has 0 radical (unpaired) electrons. The first-order valence-corrected chi connectivity index (χ1v) is 20.5. The number of rotatable bonds is 14. The van der Waals surface area contributed by atoms with Crippen LogP contribution in [0.3, 0.4) is 0 Å². The quantitative estimate of drug-likeness (QED) is 0.127. The molecule has 6 rings (SSSR count). The number of carbonyl (C=O) groups excluding carboxylic acids is 4. The standard InChI is InChI=1S/C41H49N5O6S2/c1-5-9-30(23-36(47)51-3)39(48)45-21-7-11-32(45)37-42-24-34(53-37)28-17-13-26(14-18-28)27-15-19-29(20-16-27)35-25-43-38(54-35)33-12-8-22-46(33)40(49)31(10-6-2)44-41(50)52-4/h13-20,24-25,30-33H,5-12,21-23H2,1-4H3,(H,44,50)/t30-,31+,32+,33+/m1/s1. The van der Waals surface area contributed by atoms with E-state index in [-0.39, 0.29) is 42.2 Å². The van der Waals surface area contributed by atoms with Crippen molar-refractivity contribution in [3.8, 4) is 32.0 Å². The van der Waals surface area contributed by atoms with Crippen LogP contribution in [-0.2, 0) is 23.9 Å². The summed E-state index contributed by atoms with van der Waals surface area (Å²) in [6.07, 6.45) is 9.59. The molecule has 2 aliphatic rings. The monoisotopic (exact) mass is 771 g/mol. The lowest BCUT2D eigenvalue weighted by atomic mass is 9.97. The van der Waals surface area contributed by atoms with Crippen LogP contribution in [-0.4, -0.2) is 77.0 Å². The third-order valence-electron chi connectivity index (χ3n) is 10.3. The van der Waals surface area contributed by atoms with E-state index in [4.69, 9.17) is 19.4 Å². The summed E-state index contributed by atoms with van der Waals surface area (Å²) in [5.41, 5.74) is 4.33. The molecule has 54 heavy (non-hydrogen) atoms. The van der Waals surface area contributed by atoms with Gasteiger partial charge in [0.15, 0.2) is 0 Å². The number of ether oxygens (including phenoxy) is 2. The van der Waals surface area contributed by atoms with E-state index >= 15 is 0 Å². The number of nitrogens with zero attached hydrogens (tertiary/aromatic N) is 4. The van der Waals surface area contributed by atoms with Crippen molar-refractivity contribution in [3.05, 3.63) is 70.9 Å². The molecular weight excluding hydrogens is 723 g/mol. The summed E-state index contributed by atoms with van der Waals surface area (Å²) in [5.74, 6) is -0.786. The van der Waals surface area contributed by atoms with E-state index in [1.54, 1.807) is 22.7 Å². The van der Waals surface area contributed by atoms with Gasteiger partial charge in [-0.2, -0.15) is 0 Å². The molecule has 2 fully saturated rings. The van der Waals surface area contributed by atoms with Crippen LogP contribution in [0, 0.1) is 5.92 Å². The van der Waals surface area contributed by atoms with Gasteiger partial charge in [-0.1, -0.05) is 75.2 Å². The Hall–Kier alpha value is -4.62. The molecule has 13 heteroatoms. The molecule has 0 spiro atoms. The summed E-state index contributed by atoms with van der Waals surface area (Å²) in [6.45, 7) is 5.33. The summed E-state index contributed by atoms with van der Waals surface area (Å²) >= 11 is 3.23. The summed E-state index contributed by atoms with van der Waals surface area (Å²) in [7, 11) is 2.67. The third-order valence-corrected chi connectivity index (χ3v) is 12.6. The second kappa shape index (κ2) is 18.1. The van der Waals surface area contributed by atoms with Crippen LogP contribution in [0.15, 0.2) is 60.9 Å². The van der Waals surface area contributed by atoms with Gasteiger partial charge in [-0.25, -0.2) is 14.8 Å². The smallest absolute Gasteiger partial charge is 0.407 e. The predicted octanol–water partition coefficient (Wildman–Crippen LogP) is 8.43. The van der Waals surface area contributed by atoms with Gasteiger partial charge >= 0.3 is 12.1 Å². The molecule has 0 saturated carbocycles. The number of likely N-dealkylation sites (tertiary alicyclic amines) is 2. The van der Waals surface area contributed by atoms with Crippen molar-refractivity contribution in [1.82, 2.24) is 25.1 Å². The number of thiazole rings is 2. The average molecular weight is 772 g/mol. The number of carbonyl (C=O) groups is 4. The lowest BCUT2D eigenvalue weighted by Gasteiger charge is -2.28. The van der Waals surface area contributed by atoms with Crippen LogP contribution in [0.5, 0.6) is 0 Å². The first-order valence-electron chi connectivity index (χ1n) is 18.9. The highest BCUT2D eigenvalue weighted by Crippen LogP contribution is 2.40. The molecule has 4 heterocycles. The van der Waals surface area contributed by atoms with Gasteiger partial charge < -0.3 is 24.6 Å². The molecule has 4 atom stereocenters. The SMILES string of the molecule is CCC[C@H](CC(=O)OC)C(=O)N1CCC[C@H]1c1ncc(-c2ccc(-c3ccc(-c4cnc([C@@H]5CCCN5C(=O)[C@H](CCC)NC(=O)OC)s4)cc3)cc2)s1. The van der Waals surface area contributed by atoms with Gasteiger partial charge in [-0.3, -0.25) is 14.4 Å². The average Bonchev–Trinajstić information content (AvgIpc) is 4.04. The van der Waals surface area contributed by atoms with E-state index in [1.165, 1.54) is 14.2 Å². The van der Waals surface area contributed by atoms with Gasteiger partial charge in [0.2, 0.25) is 11.8 Å². The van der Waals surface area contributed by atoms with Crippen LogP contribution < -0.4 is 5.32 Å². The van der Waals surface area contributed by atoms with Crippen molar-refractivity contribution in [1.29, 1.82) is 0 Å². The number of alkyl carbamates (subject to hydrolysis) is 1. The Kier molecular flexibility index (Phi) is 13.1. The van der Waals surface area contributed by atoms with Gasteiger partial charge in [0, 0.05) is 31.4 Å². The predicted molar refractivity (Wildman–Crippen MR) is 211 cm³/mol. The molecule has 3 amide bonds. The molecular formula is C41H49N5O6S2. The highest BCUT2D eigenvalue weighted by Gasteiger charge is 2.37. The van der Waals surface area contributed by atoms with Crippen molar-refractivity contribution in [3.63, 3.8) is 0 Å². The van der Waals surface area contributed by atoms with Gasteiger partial charge in [0.05, 0.1) is 42.5 Å². The largest absolute Gasteiger partial charge is 0.469 e. The van der Waals surface area contributed by atoms with E-state index in [1.807, 2.05) is 36.0 Å². The summed E-state index contributed by atoms with van der Waals surface area (Å²) in [6, 6.07) is 16.1. The number of methoxy groups -OCH3 is 2. The second-order valence-corrected chi connectivity index (χ2v) is 16.0. The van der Waals surface area contributed by atoms with Crippen LogP contribution in [0.2, 0.25) is 0 Å². The van der Waals surface area contributed by atoms with Gasteiger partial charge in [0.1, 0.15) is 16.1 Å². The number of amides is 3. The molecule has 2 aromatic heterocycles. The minimum atomic E-state index is -0.617. The minimum Gasteiger partial charge on any atom is -0.469 e. The number of hydrogen-bond donors (Lipinski definition) is 1. The lowest BCUT2D eigenvalue weighted by Crippen LogP contribution is -2.48. The molecule has 0 aliphatic carbocycles. The third kappa shape index (κ3) is 8.84. The van der Waals surface area contributed by atoms with Crippen LogP contribution in [0.4, 0.5) is 4.79 Å². The topological polar surface area (TPSA) is 131 Å². The summed E-state index contributed by atoms with van der Waals surface area (Å²) < 4.78 is 9.63. The molecule has 0 unspecified atom stereocenters. The number of aromatic nitrogens is 2. The number of nitrogens with one attached hydrogen (secondary N) is 1. The number of esters is 1. The molecule has 2 aliphatic heterocycles. The van der Waals surface area contributed by atoms with Crippen LogP contribution in [0.1, 0.15) is 93.7 Å². The zero-order valence-corrected chi connectivity index (χ0v) is 33.0. The van der Waals surface area contributed by atoms with E-state index in [0.717, 1.165) is 80.5 Å². The fraction of sp³-hybridized carbons (Fsp3) is 0.463. The van der Waals surface area contributed by atoms with E-state index in [9.17, 15) is 19.2 Å². The van der Waals surface area contributed by atoms with E-state index < -0.39 is 12.1 Å². The maximum absolute atomic E-state index is 13.6. The first kappa shape index (κ1) is 39.1.